The average Bonchev–Trinajstić information content (AvgIpc) is 2.01. The van der Waals surface area contributed by atoms with Crippen molar-refractivity contribution in [3.05, 3.63) is 35.4 Å². The molecule has 1 nitrogen and oxygen atoms in total. The molecule has 0 radical (unpaired) electrons. The lowest BCUT2D eigenvalue weighted by atomic mass is 10.1. The van der Waals surface area contributed by atoms with Gasteiger partial charge in [-0.3, -0.25) is 0 Å². The highest BCUT2D eigenvalue weighted by Gasteiger charge is 2.40. The van der Waals surface area contributed by atoms with Crippen molar-refractivity contribution in [1.29, 1.82) is 0 Å². The highest BCUT2D eigenvalue weighted by Crippen LogP contribution is 2.32. The van der Waals surface area contributed by atoms with Crippen LogP contribution in [0.15, 0.2) is 18.2 Å². The first-order valence-electron chi connectivity index (χ1n) is 3.60. The number of hydrogen-bond acceptors (Lipinski definition) is 1. The summed E-state index contributed by atoms with van der Waals surface area (Å²) in [6, 6.07) is -0.214. The molecule has 0 saturated carbocycles. The Morgan fingerprint density at radius 3 is 1.80 bits per heavy atom. The van der Waals surface area contributed by atoms with Gasteiger partial charge in [-0.1, -0.05) is 6.07 Å². The molecular weight excluding hydrogens is 241 g/mol. The summed E-state index contributed by atoms with van der Waals surface area (Å²) >= 11 is 0. The van der Waals surface area contributed by atoms with E-state index in [4.69, 9.17) is 0 Å². The van der Waals surface area contributed by atoms with Gasteiger partial charge >= 0.3 is 6.18 Å². The predicted octanol–water partition coefficient (Wildman–Crippen LogP) is 2.95. The van der Waals surface area contributed by atoms with Crippen molar-refractivity contribution >= 4 is 12.4 Å². The third kappa shape index (κ3) is 3.04. The first-order chi connectivity index (χ1) is 6.34. The Bertz CT molecular complexity index is 318. The summed E-state index contributed by atoms with van der Waals surface area (Å²) in [7, 11) is 0. The monoisotopic (exact) mass is 247 g/mol. The van der Waals surface area contributed by atoms with Gasteiger partial charge in [-0.25, -0.2) is 8.78 Å². The Morgan fingerprint density at radius 2 is 1.47 bits per heavy atom. The topological polar surface area (TPSA) is 26.0 Å². The zero-order chi connectivity index (χ0) is 10.9. The Labute approximate surface area is 88.5 Å². The minimum Gasteiger partial charge on any atom is -0.316 e. The minimum absolute atomic E-state index is 0. The van der Waals surface area contributed by atoms with Gasteiger partial charge in [-0.05, 0) is 12.1 Å². The molecule has 0 aliphatic carbocycles. The standard InChI is InChI=1S/C8H6F5N.ClH/c9-4-2-1-3-5(10)6(4)7(14)8(11,12)13;/h1-3,7H,14H2;1H. The number of nitrogens with two attached hydrogens (primary N) is 1. The Kier molecular flexibility index (Phi) is 4.48. The maximum atomic E-state index is 12.8. The lowest BCUT2D eigenvalue weighted by Crippen LogP contribution is -2.30. The zero-order valence-corrected chi connectivity index (χ0v) is 8.00. The molecule has 1 aromatic carbocycles. The summed E-state index contributed by atoms with van der Waals surface area (Å²) in [5.74, 6) is -2.59. The predicted molar refractivity (Wildman–Crippen MR) is 46.6 cm³/mol. The molecule has 0 aliphatic heterocycles. The molecule has 0 aliphatic rings. The maximum absolute atomic E-state index is 12.8. The number of halogens is 6. The Balaban J connectivity index is 0.00000196. The highest BCUT2D eigenvalue weighted by molar-refractivity contribution is 5.85. The molecule has 1 atom stereocenters. The van der Waals surface area contributed by atoms with E-state index in [9.17, 15) is 22.0 Å². The van der Waals surface area contributed by atoms with Crippen molar-refractivity contribution in [2.45, 2.75) is 12.2 Å². The first kappa shape index (κ1) is 14.1. The van der Waals surface area contributed by atoms with Crippen molar-refractivity contribution in [2.24, 2.45) is 5.73 Å². The van der Waals surface area contributed by atoms with Crippen LogP contribution in [0, 0.1) is 11.6 Å². The van der Waals surface area contributed by atoms with E-state index >= 15 is 0 Å². The summed E-state index contributed by atoms with van der Waals surface area (Å²) in [6.07, 6.45) is -4.86. The van der Waals surface area contributed by atoms with Gasteiger partial charge in [-0.2, -0.15) is 13.2 Å². The van der Waals surface area contributed by atoms with Crippen LogP contribution >= 0.6 is 12.4 Å². The van der Waals surface area contributed by atoms with E-state index in [1.54, 1.807) is 0 Å². The van der Waals surface area contributed by atoms with Crippen molar-refractivity contribution in [3.8, 4) is 0 Å². The van der Waals surface area contributed by atoms with Crippen LogP contribution < -0.4 is 5.73 Å². The fourth-order valence-electron chi connectivity index (χ4n) is 0.971. The second-order valence-corrected chi connectivity index (χ2v) is 2.65. The molecule has 0 heterocycles. The lowest BCUT2D eigenvalue weighted by molar-refractivity contribution is -0.150. The lowest BCUT2D eigenvalue weighted by Gasteiger charge is -2.16. The molecule has 1 rings (SSSR count). The number of hydrogen-bond donors (Lipinski definition) is 1. The molecule has 7 heteroatoms. The maximum Gasteiger partial charge on any atom is 0.407 e. The summed E-state index contributed by atoms with van der Waals surface area (Å²) in [5.41, 5.74) is 3.52. The van der Waals surface area contributed by atoms with Crippen molar-refractivity contribution in [2.75, 3.05) is 0 Å². The summed E-state index contributed by atoms with van der Waals surface area (Å²) in [4.78, 5) is 0. The fraction of sp³-hybridized carbons (Fsp3) is 0.250. The van der Waals surface area contributed by atoms with Crippen LogP contribution in [0.4, 0.5) is 22.0 Å². The zero-order valence-electron chi connectivity index (χ0n) is 7.18. The number of benzene rings is 1. The Hall–Kier alpha value is -0.880. The van der Waals surface area contributed by atoms with E-state index in [0.29, 0.717) is 0 Å². The van der Waals surface area contributed by atoms with Crippen LogP contribution in [0.2, 0.25) is 0 Å². The highest BCUT2D eigenvalue weighted by atomic mass is 35.5. The first-order valence-corrected chi connectivity index (χ1v) is 3.60. The van der Waals surface area contributed by atoms with E-state index in [2.05, 4.69) is 5.73 Å². The van der Waals surface area contributed by atoms with Gasteiger partial charge in [0, 0.05) is 5.56 Å². The van der Waals surface area contributed by atoms with E-state index in [0.717, 1.165) is 18.2 Å². The molecule has 0 saturated heterocycles. The summed E-state index contributed by atoms with van der Waals surface area (Å²) in [5, 5.41) is 0. The molecular formula is C8H7ClF5N. The molecule has 0 spiro atoms. The van der Waals surface area contributed by atoms with Crippen molar-refractivity contribution in [3.63, 3.8) is 0 Å². The second-order valence-electron chi connectivity index (χ2n) is 2.65. The van der Waals surface area contributed by atoms with Gasteiger partial charge in [0.2, 0.25) is 0 Å². The number of rotatable bonds is 1. The normalized spacial score (nSPS) is 13.2. The van der Waals surface area contributed by atoms with Crippen LogP contribution in [0.5, 0.6) is 0 Å². The van der Waals surface area contributed by atoms with Crippen molar-refractivity contribution in [1.82, 2.24) is 0 Å². The van der Waals surface area contributed by atoms with Crippen LogP contribution in [0.1, 0.15) is 11.6 Å². The van der Waals surface area contributed by atoms with E-state index < -0.39 is 29.4 Å². The van der Waals surface area contributed by atoms with Gasteiger partial charge in [0.05, 0.1) is 0 Å². The largest absolute Gasteiger partial charge is 0.407 e. The van der Waals surface area contributed by atoms with Crippen LogP contribution in [-0.2, 0) is 0 Å². The molecule has 2 N–H and O–H groups in total. The summed E-state index contributed by atoms with van der Waals surface area (Å²) < 4.78 is 61.7. The molecule has 86 valence electrons. The molecule has 0 bridgehead atoms. The molecule has 0 aromatic heterocycles. The van der Waals surface area contributed by atoms with Crippen LogP contribution in [-0.4, -0.2) is 6.18 Å². The minimum atomic E-state index is -4.86. The number of alkyl halides is 3. The van der Waals surface area contributed by atoms with Crippen LogP contribution in [0.25, 0.3) is 0 Å². The fourth-order valence-corrected chi connectivity index (χ4v) is 0.971. The summed E-state index contributed by atoms with van der Waals surface area (Å²) in [6.45, 7) is 0. The molecule has 0 amide bonds. The third-order valence-electron chi connectivity index (χ3n) is 1.66. The van der Waals surface area contributed by atoms with E-state index in [1.165, 1.54) is 0 Å². The van der Waals surface area contributed by atoms with Crippen molar-refractivity contribution < 1.29 is 22.0 Å². The molecule has 0 fully saturated rings. The van der Waals surface area contributed by atoms with E-state index in [-0.39, 0.29) is 12.4 Å². The average molecular weight is 248 g/mol. The molecule has 15 heavy (non-hydrogen) atoms. The van der Waals surface area contributed by atoms with Gasteiger partial charge in [0.1, 0.15) is 17.7 Å². The quantitative estimate of drug-likeness (QED) is 0.759. The molecule has 1 aromatic rings. The van der Waals surface area contributed by atoms with E-state index in [1.807, 2.05) is 0 Å². The second kappa shape index (κ2) is 4.76. The SMILES string of the molecule is Cl.NC(c1c(F)cccc1F)C(F)(F)F. The third-order valence-corrected chi connectivity index (χ3v) is 1.66. The smallest absolute Gasteiger partial charge is 0.316 e. The molecule has 1 unspecified atom stereocenters. The van der Waals surface area contributed by atoms with Gasteiger partial charge < -0.3 is 5.73 Å². The van der Waals surface area contributed by atoms with Gasteiger partial charge in [-0.15, -0.1) is 12.4 Å². The van der Waals surface area contributed by atoms with Gasteiger partial charge in [0.15, 0.2) is 0 Å². The van der Waals surface area contributed by atoms with Crippen LogP contribution in [0.3, 0.4) is 0 Å². The van der Waals surface area contributed by atoms with Gasteiger partial charge in [0.25, 0.3) is 0 Å². The Morgan fingerprint density at radius 1 is 1.07 bits per heavy atom.